The zero-order chi connectivity index (χ0) is 13.8. The maximum Gasteiger partial charge on any atom is 0.338 e. The highest BCUT2D eigenvalue weighted by molar-refractivity contribution is 6.31. The van der Waals surface area contributed by atoms with Crippen LogP contribution in [0.4, 0.5) is 10.1 Å². The first-order valence-electron chi connectivity index (χ1n) is 5.53. The minimum atomic E-state index is -0.647. The Balaban J connectivity index is 2.08. The van der Waals surface area contributed by atoms with E-state index in [1.807, 2.05) is 0 Å². The molecule has 0 saturated carbocycles. The van der Waals surface area contributed by atoms with Gasteiger partial charge in [-0.05, 0) is 24.3 Å². The summed E-state index contributed by atoms with van der Waals surface area (Å²) >= 11 is 5.93. The first-order chi connectivity index (χ1) is 9.06. The molecule has 0 fully saturated rings. The molecule has 0 bridgehead atoms. The van der Waals surface area contributed by atoms with Gasteiger partial charge in [0.1, 0.15) is 12.4 Å². The van der Waals surface area contributed by atoms with Crippen LogP contribution in [-0.2, 0) is 11.3 Å². The van der Waals surface area contributed by atoms with E-state index >= 15 is 0 Å². The molecule has 2 aromatic rings. The highest BCUT2D eigenvalue weighted by Crippen LogP contribution is 2.17. The highest BCUT2D eigenvalue weighted by atomic mass is 35.5. The van der Waals surface area contributed by atoms with Gasteiger partial charge in [-0.3, -0.25) is 0 Å². The highest BCUT2D eigenvalue weighted by Gasteiger charge is 2.10. The second kappa shape index (κ2) is 5.71. The third kappa shape index (κ3) is 3.45. The molecule has 2 rings (SSSR count). The molecule has 0 aromatic heterocycles. The molecule has 0 aliphatic rings. The van der Waals surface area contributed by atoms with Gasteiger partial charge < -0.3 is 10.5 Å². The molecule has 2 N–H and O–H groups in total. The lowest BCUT2D eigenvalue weighted by Crippen LogP contribution is -2.06. The summed E-state index contributed by atoms with van der Waals surface area (Å²) in [6.07, 6.45) is 0. The number of nitrogen functional groups attached to an aromatic ring is 1. The van der Waals surface area contributed by atoms with Crippen LogP contribution in [0.15, 0.2) is 42.5 Å². The molecule has 2 aromatic carbocycles. The summed E-state index contributed by atoms with van der Waals surface area (Å²) in [6, 6.07) is 10.6. The molecule has 0 heterocycles. The van der Waals surface area contributed by atoms with E-state index in [1.165, 1.54) is 6.07 Å². The number of carbonyl (C=O) groups is 1. The molecule has 5 heteroatoms. The van der Waals surface area contributed by atoms with Crippen molar-refractivity contribution >= 4 is 23.3 Å². The van der Waals surface area contributed by atoms with Gasteiger partial charge in [0.05, 0.1) is 5.56 Å². The Bertz CT molecular complexity index is 596. The van der Waals surface area contributed by atoms with E-state index in [2.05, 4.69) is 0 Å². The lowest BCUT2D eigenvalue weighted by atomic mass is 10.2. The second-order valence-corrected chi connectivity index (χ2v) is 4.35. The van der Waals surface area contributed by atoms with Crippen LogP contribution in [0, 0.1) is 5.82 Å². The van der Waals surface area contributed by atoms with E-state index in [0.29, 0.717) is 10.6 Å². The SMILES string of the molecule is Nc1cc(F)cc(C(=O)OCc2ccccc2Cl)c1. The number of rotatable bonds is 3. The summed E-state index contributed by atoms with van der Waals surface area (Å²) in [4.78, 5) is 11.7. The molecular formula is C14H11ClFNO2. The fourth-order valence-electron chi connectivity index (χ4n) is 1.57. The van der Waals surface area contributed by atoms with Crippen molar-refractivity contribution in [3.8, 4) is 0 Å². The number of carbonyl (C=O) groups excluding carboxylic acids is 1. The van der Waals surface area contributed by atoms with Crippen molar-refractivity contribution in [2.24, 2.45) is 0 Å². The molecule has 0 aliphatic heterocycles. The van der Waals surface area contributed by atoms with Gasteiger partial charge in [-0.15, -0.1) is 0 Å². The fraction of sp³-hybridized carbons (Fsp3) is 0.0714. The molecule has 0 amide bonds. The molecular weight excluding hydrogens is 269 g/mol. The van der Waals surface area contributed by atoms with Crippen LogP contribution >= 0.6 is 11.6 Å². The van der Waals surface area contributed by atoms with Gasteiger partial charge in [-0.1, -0.05) is 29.8 Å². The quantitative estimate of drug-likeness (QED) is 0.692. The first-order valence-corrected chi connectivity index (χ1v) is 5.90. The molecule has 3 nitrogen and oxygen atoms in total. The average molecular weight is 280 g/mol. The number of ether oxygens (including phenoxy) is 1. The van der Waals surface area contributed by atoms with E-state index < -0.39 is 11.8 Å². The third-order valence-corrected chi connectivity index (χ3v) is 2.84. The van der Waals surface area contributed by atoms with Crippen LogP contribution in [0.1, 0.15) is 15.9 Å². The van der Waals surface area contributed by atoms with Gasteiger partial charge in [-0.25, -0.2) is 9.18 Å². The van der Waals surface area contributed by atoms with Crippen molar-refractivity contribution in [1.29, 1.82) is 0 Å². The van der Waals surface area contributed by atoms with Crippen molar-refractivity contribution in [3.63, 3.8) is 0 Å². The summed E-state index contributed by atoms with van der Waals surface area (Å²) in [6.45, 7) is 0.0227. The molecule has 0 aliphatic carbocycles. The van der Waals surface area contributed by atoms with E-state index in [9.17, 15) is 9.18 Å². The van der Waals surface area contributed by atoms with E-state index in [0.717, 1.165) is 12.1 Å². The maximum atomic E-state index is 13.1. The van der Waals surface area contributed by atoms with Crippen molar-refractivity contribution in [2.75, 3.05) is 5.73 Å². The predicted octanol–water partition coefficient (Wildman–Crippen LogP) is 3.42. The maximum absolute atomic E-state index is 13.1. The minimum Gasteiger partial charge on any atom is -0.457 e. The number of esters is 1. The molecule has 0 unspecified atom stereocenters. The Labute approximate surface area is 114 Å². The van der Waals surface area contributed by atoms with Crippen LogP contribution in [0.2, 0.25) is 5.02 Å². The Morgan fingerprint density at radius 3 is 2.68 bits per heavy atom. The van der Waals surface area contributed by atoms with Crippen molar-refractivity contribution in [3.05, 3.63) is 64.4 Å². The van der Waals surface area contributed by atoms with Gasteiger partial charge in [0.2, 0.25) is 0 Å². The Morgan fingerprint density at radius 1 is 1.26 bits per heavy atom. The van der Waals surface area contributed by atoms with Crippen LogP contribution in [0.3, 0.4) is 0 Å². The minimum absolute atomic E-state index is 0.0227. The zero-order valence-corrected chi connectivity index (χ0v) is 10.7. The lowest BCUT2D eigenvalue weighted by molar-refractivity contribution is 0.0472. The largest absolute Gasteiger partial charge is 0.457 e. The van der Waals surface area contributed by atoms with Gasteiger partial charge in [0.15, 0.2) is 0 Å². The standard InChI is InChI=1S/C14H11ClFNO2/c15-13-4-2-1-3-9(13)8-19-14(18)10-5-11(16)7-12(17)6-10/h1-7H,8,17H2. The Hall–Kier alpha value is -2.07. The van der Waals surface area contributed by atoms with Crippen molar-refractivity contribution in [1.82, 2.24) is 0 Å². The topological polar surface area (TPSA) is 52.3 Å². The number of halogens is 2. The number of hydrogen-bond donors (Lipinski definition) is 1. The van der Waals surface area contributed by atoms with Gasteiger partial charge in [-0.2, -0.15) is 0 Å². The molecule has 0 saturated heterocycles. The van der Waals surface area contributed by atoms with Gasteiger partial charge >= 0.3 is 5.97 Å². The lowest BCUT2D eigenvalue weighted by Gasteiger charge is -2.07. The summed E-state index contributed by atoms with van der Waals surface area (Å²) in [5.74, 6) is -1.23. The molecule has 0 spiro atoms. The average Bonchev–Trinajstić information content (AvgIpc) is 2.36. The predicted molar refractivity (Wildman–Crippen MR) is 71.4 cm³/mol. The molecule has 98 valence electrons. The Kier molecular flexibility index (Phi) is 4.02. The smallest absolute Gasteiger partial charge is 0.338 e. The van der Waals surface area contributed by atoms with E-state index in [-0.39, 0.29) is 17.9 Å². The van der Waals surface area contributed by atoms with Crippen LogP contribution in [-0.4, -0.2) is 5.97 Å². The van der Waals surface area contributed by atoms with Crippen LogP contribution in [0.5, 0.6) is 0 Å². The third-order valence-electron chi connectivity index (χ3n) is 2.47. The fourth-order valence-corrected chi connectivity index (χ4v) is 1.76. The molecule has 0 radical (unpaired) electrons. The number of nitrogens with two attached hydrogens (primary N) is 1. The summed E-state index contributed by atoms with van der Waals surface area (Å²) in [7, 11) is 0. The summed E-state index contributed by atoms with van der Waals surface area (Å²) in [5, 5.41) is 0.508. The molecule has 19 heavy (non-hydrogen) atoms. The first kappa shape index (κ1) is 13.4. The van der Waals surface area contributed by atoms with Crippen LogP contribution < -0.4 is 5.73 Å². The van der Waals surface area contributed by atoms with Crippen LogP contribution in [0.25, 0.3) is 0 Å². The van der Waals surface area contributed by atoms with Gasteiger partial charge in [0.25, 0.3) is 0 Å². The van der Waals surface area contributed by atoms with Gasteiger partial charge in [0, 0.05) is 16.3 Å². The normalized spacial score (nSPS) is 10.2. The van der Waals surface area contributed by atoms with E-state index in [1.54, 1.807) is 24.3 Å². The van der Waals surface area contributed by atoms with E-state index in [4.69, 9.17) is 22.1 Å². The molecule has 0 atom stereocenters. The Morgan fingerprint density at radius 2 is 2.00 bits per heavy atom. The van der Waals surface area contributed by atoms with Crippen molar-refractivity contribution < 1.29 is 13.9 Å². The summed E-state index contributed by atoms with van der Waals surface area (Å²) in [5.41, 5.74) is 6.39. The number of benzene rings is 2. The second-order valence-electron chi connectivity index (χ2n) is 3.94. The van der Waals surface area contributed by atoms with Crippen molar-refractivity contribution in [2.45, 2.75) is 6.61 Å². The summed E-state index contributed by atoms with van der Waals surface area (Å²) < 4.78 is 18.2. The monoisotopic (exact) mass is 279 g/mol. The number of hydrogen-bond acceptors (Lipinski definition) is 3. The zero-order valence-electron chi connectivity index (χ0n) is 9.90. The number of anilines is 1.